The molecule has 0 saturated carbocycles. The summed E-state index contributed by atoms with van der Waals surface area (Å²) in [6.07, 6.45) is 15.4. The van der Waals surface area contributed by atoms with E-state index in [0.717, 1.165) is 0 Å². The first-order valence-corrected chi connectivity index (χ1v) is 13.4. The molecule has 0 atom stereocenters. The molecule has 0 heterocycles. The Hall–Kier alpha value is -0.677. The molecule has 193 valence electrons. The van der Waals surface area contributed by atoms with Crippen molar-refractivity contribution in [2.45, 2.75) is 130 Å². The van der Waals surface area contributed by atoms with Crippen LogP contribution in [0.5, 0.6) is 0 Å². The van der Waals surface area contributed by atoms with Gasteiger partial charge in [0.15, 0.2) is 0 Å². The minimum absolute atomic E-state index is 0. The Morgan fingerprint density at radius 2 is 0.771 bits per heavy atom. The van der Waals surface area contributed by atoms with E-state index in [1.54, 1.807) is 0 Å². The molecule has 3 rings (SSSR count). The molecule has 3 aliphatic rings. The van der Waals surface area contributed by atoms with E-state index in [1.165, 1.54) is 75.8 Å². The third-order valence-corrected chi connectivity index (χ3v) is 8.39. The fraction of sp³-hybridized carbons (Fsp3) is 0.647. The predicted octanol–water partition coefficient (Wildman–Crippen LogP) is 10.9. The molecule has 0 amide bonds. The van der Waals surface area contributed by atoms with Gasteiger partial charge < -0.3 is 0 Å². The number of hydrogen-bond donors (Lipinski definition) is 0. The Bertz CT molecular complexity index is 895. The summed E-state index contributed by atoms with van der Waals surface area (Å²) in [7, 11) is 0. The Labute approximate surface area is 239 Å². The van der Waals surface area contributed by atoms with Gasteiger partial charge in [0.2, 0.25) is 0 Å². The van der Waals surface area contributed by atoms with Crippen molar-refractivity contribution in [2.75, 3.05) is 0 Å². The normalized spacial score (nSPS) is 21.5. The van der Waals surface area contributed by atoms with Crippen LogP contribution in [0, 0.1) is 34.5 Å². The van der Waals surface area contributed by atoms with Crippen molar-refractivity contribution in [1.29, 1.82) is 0 Å². The average molecular weight is 553 g/mol. The molecule has 1 radical (unpaired) electrons. The number of allylic oxidation sites excluding steroid dienone is 12. The summed E-state index contributed by atoms with van der Waals surface area (Å²) in [6, 6.07) is 0. The zero-order valence-electron chi connectivity index (χ0n) is 25.8. The number of hydrogen-bond acceptors (Lipinski definition) is 0. The van der Waals surface area contributed by atoms with Crippen molar-refractivity contribution >= 4 is 0 Å². The summed E-state index contributed by atoms with van der Waals surface area (Å²) in [6.45, 7) is 33.3. The van der Waals surface area contributed by atoms with Crippen LogP contribution < -0.4 is 0 Å². The molecule has 0 N–H and O–H groups in total. The molecule has 0 aromatic rings. The smallest absolute Gasteiger partial charge is 0.263 e. The topological polar surface area (TPSA) is 0 Å². The fourth-order valence-electron chi connectivity index (χ4n) is 4.93. The molecule has 3 aliphatic carbocycles. The molecule has 0 bridgehead atoms. The second-order valence-electron chi connectivity index (χ2n) is 12.1. The van der Waals surface area contributed by atoms with Crippen molar-refractivity contribution < 1.29 is 26.2 Å². The summed E-state index contributed by atoms with van der Waals surface area (Å²) < 4.78 is 0. The largest absolute Gasteiger partial charge is 3.00 e. The van der Waals surface area contributed by atoms with Crippen LogP contribution in [0.15, 0.2) is 50.2 Å². The second kappa shape index (κ2) is 13.2. The molecule has 0 saturated heterocycles. The Morgan fingerprint density at radius 1 is 0.486 bits per heavy atom. The van der Waals surface area contributed by atoms with Crippen LogP contribution in [0.25, 0.3) is 0 Å². The van der Waals surface area contributed by atoms with Gasteiger partial charge in [-0.2, -0.15) is 33.4 Å². The van der Waals surface area contributed by atoms with Crippen LogP contribution in [-0.2, 0) is 26.2 Å². The maximum atomic E-state index is 3.57. The Balaban J connectivity index is 0.000000491. The van der Waals surface area contributed by atoms with Crippen LogP contribution in [0.1, 0.15) is 130 Å². The van der Waals surface area contributed by atoms with Gasteiger partial charge in [-0.05, 0) is 0 Å². The molecular formula is C34H53Zr. The summed E-state index contributed by atoms with van der Waals surface area (Å²) >= 11 is 0. The van der Waals surface area contributed by atoms with Gasteiger partial charge in [-0.1, -0.05) is 125 Å². The standard InChI is InChI=1S/2C12H19.C10H15.Zr/c2*1-6-7-11-8-12(4,5)10(3)9(11)2;1-7-6-10(4,5)9(3)8(7)2;/h2*6-7H2,1-5H3;1-5H3;/q3*-1;+3. The minimum atomic E-state index is 0. The van der Waals surface area contributed by atoms with Crippen molar-refractivity contribution in [2.24, 2.45) is 16.2 Å². The van der Waals surface area contributed by atoms with Gasteiger partial charge in [-0.15, -0.1) is 20.8 Å². The quantitative estimate of drug-likeness (QED) is 0.304. The first kappa shape index (κ1) is 34.3. The Morgan fingerprint density at radius 3 is 0.914 bits per heavy atom. The van der Waals surface area contributed by atoms with Crippen molar-refractivity contribution in [1.82, 2.24) is 0 Å². The van der Waals surface area contributed by atoms with Crippen molar-refractivity contribution in [3.8, 4) is 0 Å². The molecular weight excluding hydrogens is 500 g/mol. The van der Waals surface area contributed by atoms with Crippen LogP contribution in [0.3, 0.4) is 0 Å². The average Bonchev–Trinajstić information content (AvgIpc) is 3.14. The van der Waals surface area contributed by atoms with Crippen molar-refractivity contribution in [3.63, 3.8) is 0 Å². The SMILES string of the molecule is CC1=[C-]C(C)(C)C(C)=C1C.CCCC1=[C-]C(C)(C)C(C)=C1C.CCCC1=[C-]C(C)(C)C(C)=C1C.[Zr+3]. The summed E-state index contributed by atoms with van der Waals surface area (Å²) in [4.78, 5) is 0. The fourth-order valence-corrected chi connectivity index (χ4v) is 4.93. The van der Waals surface area contributed by atoms with Gasteiger partial charge in [0, 0.05) is 0 Å². The van der Waals surface area contributed by atoms with Gasteiger partial charge in [-0.25, -0.2) is 16.7 Å². The molecule has 0 fully saturated rings. The van der Waals surface area contributed by atoms with Gasteiger partial charge in [0.05, 0.1) is 0 Å². The molecule has 0 aromatic heterocycles. The monoisotopic (exact) mass is 551 g/mol. The van der Waals surface area contributed by atoms with Gasteiger partial charge in [0.1, 0.15) is 0 Å². The van der Waals surface area contributed by atoms with Crippen LogP contribution >= 0.6 is 0 Å². The molecule has 35 heavy (non-hydrogen) atoms. The zero-order valence-corrected chi connectivity index (χ0v) is 28.3. The maximum Gasteiger partial charge on any atom is 3.00 e. The van der Waals surface area contributed by atoms with Gasteiger partial charge in [0.25, 0.3) is 0 Å². The van der Waals surface area contributed by atoms with E-state index in [1.807, 2.05) is 0 Å². The van der Waals surface area contributed by atoms with E-state index >= 15 is 0 Å². The maximum absolute atomic E-state index is 3.57. The van der Waals surface area contributed by atoms with Gasteiger partial charge in [-0.3, -0.25) is 18.2 Å². The summed E-state index contributed by atoms with van der Waals surface area (Å²) in [5, 5.41) is 0. The Kier molecular flexibility index (Phi) is 13.0. The second-order valence-corrected chi connectivity index (χ2v) is 12.1. The van der Waals surface area contributed by atoms with Crippen LogP contribution in [0.4, 0.5) is 0 Å². The summed E-state index contributed by atoms with van der Waals surface area (Å²) in [5.74, 6) is 0. The van der Waals surface area contributed by atoms with Crippen LogP contribution in [-0.4, -0.2) is 0 Å². The van der Waals surface area contributed by atoms with E-state index in [9.17, 15) is 0 Å². The molecule has 1 heteroatoms. The molecule has 0 spiro atoms. The molecule has 0 nitrogen and oxygen atoms in total. The molecule has 0 unspecified atom stereocenters. The third kappa shape index (κ3) is 8.42. The first-order chi connectivity index (χ1) is 15.4. The van der Waals surface area contributed by atoms with E-state index in [0.29, 0.717) is 0 Å². The van der Waals surface area contributed by atoms with E-state index in [-0.39, 0.29) is 42.4 Å². The molecule has 0 aliphatic heterocycles. The van der Waals surface area contributed by atoms with E-state index in [2.05, 4.69) is 122 Å². The predicted molar refractivity (Wildman–Crippen MR) is 152 cm³/mol. The molecule has 0 aromatic carbocycles. The zero-order chi connectivity index (χ0) is 26.6. The van der Waals surface area contributed by atoms with Crippen molar-refractivity contribution in [3.05, 3.63) is 68.4 Å². The first-order valence-electron chi connectivity index (χ1n) is 13.4. The number of rotatable bonds is 4. The van der Waals surface area contributed by atoms with Crippen LogP contribution in [0.2, 0.25) is 0 Å². The minimum Gasteiger partial charge on any atom is -0.263 e. The van der Waals surface area contributed by atoms with E-state index in [4.69, 9.17) is 0 Å². The van der Waals surface area contributed by atoms with E-state index < -0.39 is 0 Å². The van der Waals surface area contributed by atoms with Gasteiger partial charge >= 0.3 is 26.2 Å². The summed E-state index contributed by atoms with van der Waals surface area (Å²) in [5.41, 5.74) is 13.6. The third-order valence-electron chi connectivity index (χ3n) is 8.39.